The van der Waals surface area contributed by atoms with Gasteiger partial charge in [-0.05, 0) is 51.0 Å². The summed E-state index contributed by atoms with van der Waals surface area (Å²) >= 11 is 0. The lowest BCUT2D eigenvalue weighted by molar-refractivity contribution is 0.0939. The van der Waals surface area contributed by atoms with Crippen LogP contribution >= 0.6 is 0 Å². The number of sulfonamides is 1. The van der Waals surface area contributed by atoms with Gasteiger partial charge in [0.15, 0.2) is 0 Å². The zero-order valence-corrected chi connectivity index (χ0v) is 17.8. The summed E-state index contributed by atoms with van der Waals surface area (Å²) in [5, 5.41) is 2.91. The molecule has 1 saturated carbocycles. The number of amides is 1. The van der Waals surface area contributed by atoms with Crippen LogP contribution in [0.5, 0.6) is 11.5 Å². The molecule has 1 aliphatic carbocycles. The Labute approximate surface area is 171 Å². The Kier molecular flexibility index (Phi) is 6.14. The second-order valence-electron chi connectivity index (χ2n) is 7.20. The van der Waals surface area contributed by atoms with Gasteiger partial charge in [0.1, 0.15) is 16.4 Å². The molecule has 0 bridgehead atoms. The quantitative estimate of drug-likeness (QED) is 0.687. The van der Waals surface area contributed by atoms with Crippen LogP contribution in [0.3, 0.4) is 0 Å². The minimum atomic E-state index is -3.77. The number of carbonyl (C=O) groups is 1. The molecule has 2 aromatic carbocycles. The van der Waals surface area contributed by atoms with Crippen molar-refractivity contribution < 1.29 is 22.7 Å². The summed E-state index contributed by atoms with van der Waals surface area (Å²) in [4.78, 5) is 12.8. The third-order valence-corrected chi connectivity index (χ3v) is 6.36. The molecule has 0 aliphatic heterocycles. The fourth-order valence-electron chi connectivity index (χ4n) is 3.06. The van der Waals surface area contributed by atoms with Gasteiger partial charge in [-0.3, -0.25) is 4.79 Å². The van der Waals surface area contributed by atoms with Crippen LogP contribution in [0.15, 0.2) is 41.3 Å². The number of aryl methyl sites for hydroxylation is 1. The third kappa shape index (κ3) is 4.89. The highest BCUT2D eigenvalue weighted by molar-refractivity contribution is 7.89. The first-order valence-electron chi connectivity index (χ1n) is 9.41. The average molecular weight is 419 g/mol. The van der Waals surface area contributed by atoms with E-state index in [0.29, 0.717) is 5.75 Å². The van der Waals surface area contributed by atoms with Gasteiger partial charge in [0.05, 0.1) is 20.3 Å². The standard InChI is InChI=1S/C21H26N2O5S/c1-13-5-9-18(27-3)17(11-13)14(2)22-21(24)15-6-10-19(28-4)20(12-15)29(25,26)23-16-7-8-16/h5-6,9-12,14,16,23H,7-8H2,1-4H3,(H,22,24)/t14-/m1/s1. The van der Waals surface area contributed by atoms with Crippen LogP contribution < -0.4 is 19.5 Å². The first kappa shape index (κ1) is 21.1. The molecular formula is C21H26N2O5S. The Morgan fingerprint density at radius 2 is 1.72 bits per heavy atom. The number of benzene rings is 2. The summed E-state index contributed by atoms with van der Waals surface area (Å²) in [6.45, 7) is 3.82. The molecule has 0 spiro atoms. The fourth-order valence-corrected chi connectivity index (χ4v) is 4.56. The number of methoxy groups -OCH3 is 2. The predicted octanol–water partition coefficient (Wildman–Crippen LogP) is 2.94. The molecule has 0 saturated heterocycles. The van der Waals surface area contributed by atoms with Crippen molar-refractivity contribution in [1.29, 1.82) is 0 Å². The summed E-state index contributed by atoms with van der Waals surface area (Å²) in [6.07, 6.45) is 1.63. The van der Waals surface area contributed by atoms with Crippen molar-refractivity contribution in [3.05, 3.63) is 53.1 Å². The Bertz CT molecular complexity index is 1020. The van der Waals surface area contributed by atoms with E-state index in [4.69, 9.17) is 9.47 Å². The van der Waals surface area contributed by atoms with Crippen molar-refractivity contribution >= 4 is 15.9 Å². The minimum absolute atomic E-state index is 0.0414. The highest BCUT2D eigenvalue weighted by atomic mass is 32.2. The number of rotatable bonds is 8. The number of hydrogen-bond acceptors (Lipinski definition) is 5. The SMILES string of the molecule is COc1ccc(C)cc1[C@@H](C)NC(=O)c1ccc(OC)c(S(=O)(=O)NC2CC2)c1. The van der Waals surface area contributed by atoms with Crippen LogP contribution in [-0.4, -0.2) is 34.6 Å². The maximum absolute atomic E-state index is 12.8. The van der Waals surface area contributed by atoms with Crippen LogP contribution in [0.2, 0.25) is 0 Å². The fraction of sp³-hybridized carbons (Fsp3) is 0.381. The lowest BCUT2D eigenvalue weighted by Crippen LogP contribution is -2.29. The van der Waals surface area contributed by atoms with Crippen molar-refractivity contribution in [3.8, 4) is 11.5 Å². The predicted molar refractivity (Wildman–Crippen MR) is 110 cm³/mol. The van der Waals surface area contributed by atoms with Gasteiger partial charge < -0.3 is 14.8 Å². The highest BCUT2D eigenvalue weighted by Crippen LogP contribution is 2.29. The molecular weight excluding hydrogens is 392 g/mol. The smallest absolute Gasteiger partial charge is 0.251 e. The maximum atomic E-state index is 12.8. The molecule has 0 radical (unpaired) electrons. The highest BCUT2D eigenvalue weighted by Gasteiger charge is 2.30. The Morgan fingerprint density at radius 1 is 1.07 bits per heavy atom. The molecule has 1 fully saturated rings. The van der Waals surface area contributed by atoms with E-state index in [9.17, 15) is 13.2 Å². The normalized spacial score (nSPS) is 14.9. The van der Waals surface area contributed by atoms with E-state index >= 15 is 0 Å². The van der Waals surface area contributed by atoms with Crippen LogP contribution in [-0.2, 0) is 10.0 Å². The van der Waals surface area contributed by atoms with E-state index in [1.165, 1.54) is 19.2 Å². The number of ether oxygens (including phenoxy) is 2. The van der Waals surface area contributed by atoms with Crippen molar-refractivity contribution in [2.75, 3.05) is 14.2 Å². The second kappa shape index (κ2) is 8.42. The maximum Gasteiger partial charge on any atom is 0.251 e. The van der Waals surface area contributed by atoms with E-state index in [1.807, 2.05) is 32.0 Å². The Balaban J connectivity index is 1.86. The monoisotopic (exact) mass is 418 g/mol. The second-order valence-corrected chi connectivity index (χ2v) is 8.88. The molecule has 0 aromatic heterocycles. The van der Waals surface area contributed by atoms with E-state index in [2.05, 4.69) is 10.0 Å². The molecule has 3 rings (SSSR count). The summed E-state index contributed by atoms with van der Waals surface area (Å²) < 4.78 is 38.5. The molecule has 156 valence electrons. The number of nitrogens with one attached hydrogen (secondary N) is 2. The summed E-state index contributed by atoms with van der Waals surface area (Å²) in [6, 6.07) is 9.75. The van der Waals surface area contributed by atoms with Crippen LogP contribution in [0.4, 0.5) is 0 Å². The topological polar surface area (TPSA) is 93.7 Å². The molecule has 2 N–H and O–H groups in total. The molecule has 1 atom stereocenters. The van der Waals surface area contributed by atoms with Gasteiger partial charge in [0.25, 0.3) is 5.91 Å². The first-order chi connectivity index (χ1) is 13.7. The van der Waals surface area contributed by atoms with Gasteiger partial charge in [-0.1, -0.05) is 17.7 Å². The molecule has 29 heavy (non-hydrogen) atoms. The van der Waals surface area contributed by atoms with Crippen molar-refractivity contribution in [3.63, 3.8) is 0 Å². The van der Waals surface area contributed by atoms with Crippen LogP contribution in [0, 0.1) is 6.92 Å². The number of hydrogen-bond donors (Lipinski definition) is 2. The molecule has 7 nitrogen and oxygen atoms in total. The van der Waals surface area contributed by atoms with Crippen LogP contribution in [0.25, 0.3) is 0 Å². The molecule has 1 aliphatic rings. The van der Waals surface area contributed by atoms with Gasteiger partial charge in [-0.2, -0.15) is 0 Å². The van der Waals surface area contributed by atoms with E-state index in [-0.39, 0.29) is 34.2 Å². The number of carbonyl (C=O) groups excluding carboxylic acids is 1. The summed E-state index contributed by atoms with van der Waals surface area (Å²) in [5.74, 6) is 0.490. The molecule has 0 heterocycles. The van der Waals surface area contributed by atoms with Gasteiger partial charge in [-0.15, -0.1) is 0 Å². The Morgan fingerprint density at radius 3 is 2.34 bits per heavy atom. The molecule has 1 amide bonds. The van der Waals surface area contributed by atoms with Crippen molar-refractivity contribution in [2.24, 2.45) is 0 Å². The van der Waals surface area contributed by atoms with Gasteiger partial charge in [0.2, 0.25) is 10.0 Å². The largest absolute Gasteiger partial charge is 0.496 e. The molecule has 0 unspecified atom stereocenters. The van der Waals surface area contributed by atoms with E-state index < -0.39 is 10.0 Å². The minimum Gasteiger partial charge on any atom is -0.496 e. The Hall–Kier alpha value is -2.58. The summed E-state index contributed by atoms with van der Waals surface area (Å²) in [5.41, 5.74) is 2.13. The van der Waals surface area contributed by atoms with E-state index in [0.717, 1.165) is 24.0 Å². The third-order valence-electron chi connectivity index (χ3n) is 4.81. The zero-order valence-electron chi connectivity index (χ0n) is 17.0. The zero-order chi connectivity index (χ0) is 21.2. The van der Waals surface area contributed by atoms with Gasteiger partial charge in [-0.25, -0.2) is 13.1 Å². The lowest BCUT2D eigenvalue weighted by atomic mass is 10.0. The lowest BCUT2D eigenvalue weighted by Gasteiger charge is -2.18. The molecule has 2 aromatic rings. The van der Waals surface area contributed by atoms with Gasteiger partial charge >= 0.3 is 0 Å². The van der Waals surface area contributed by atoms with E-state index in [1.54, 1.807) is 13.2 Å². The first-order valence-corrected chi connectivity index (χ1v) is 10.9. The van der Waals surface area contributed by atoms with Gasteiger partial charge in [0, 0.05) is 17.2 Å². The average Bonchev–Trinajstić information content (AvgIpc) is 3.50. The molecule has 8 heteroatoms. The van der Waals surface area contributed by atoms with Crippen molar-refractivity contribution in [1.82, 2.24) is 10.0 Å². The summed E-state index contributed by atoms with van der Waals surface area (Å²) in [7, 11) is -0.788. The van der Waals surface area contributed by atoms with Crippen molar-refractivity contribution in [2.45, 2.75) is 43.7 Å². The van der Waals surface area contributed by atoms with Crippen LogP contribution in [0.1, 0.15) is 47.3 Å².